The molecule has 2 aliphatic carbocycles. The van der Waals surface area contributed by atoms with Crippen LogP contribution in [0.4, 0.5) is 0 Å². The molecule has 2 rings (SSSR count). The highest BCUT2D eigenvalue weighted by molar-refractivity contribution is 5.23. The van der Waals surface area contributed by atoms with E-state index in [0.717, 1.165) is 6.42 Å². The van der Waals surface area contributed by atoms with Gasteiger partial charge in [-0.3, -0.25) is 0 Å². The minimum atomic E-state index is -0.372. The summed E-state index contributed by atoms with van der Waals surface area (Å²) in [6.07, 6.45) is 4.76. The Labute approximate surface area is 68.8 Å². The maximum absolute atomic E-state index is 10.1. The van der Waals surface area contributed by atoms with Gasteiger partial charge in [-0.2, -0.15) is 0 Å². The number of fused-ring (bicyclic) bond motifs is 1. The Balaban J connectivity index is 2.29. The highest BCUT2D eigenvalue weighted by Gasteiger charge is 2.74. The van der Waals surface area contributed by atoms with Crippen LogP contribution in [0.2, 0.25) is 0 Å². The first kappa shape index (κ1) is 7.60. The van der Waals surface area contributed by atoms with Crippen LogP contribution >= 0.6 is 0 Å². The Kier molecular flexibility index (Phi) is 1.15. The summed E-state index contributed by atoms with van der Waals surface area (Å²) in [7, 11) is 0. The average Bonchev–Trinajstić information content (AvgIpc) is 2.50. The first-order chi connectivity index (χ1) is 4.97. The predicted octanol–water partition coefficient (Wildman–Crippen LogP) is 2.34. The largest absolute Gasteiger partial charge is 0.390 e. The second-order valence-corrected chi connectivity index (χ2v) is 4.92. The van der Waals surface area contributed by atoms with Crippen LogP contribution in [-0.2, 0) is 0 Å². The van der Waals surface area contributed by atoms with E-state index in [0.29, 0.717) is 5.41 Å². The van der Waals surface area contributed by atoms with E-state index in [-0.39, 0.29) is 11.0 Å². The number of aliphatic hydroxyl groups is 1. The lowest BCUT2D eigenvalue weighted by molar-refractivity contribution is -0.000693. The average molecular weight is 154 g/mol. The summed E-state index contributed by atoms with van der Waals surface area (Å²) in [5.41, 5.74) is 0.411. The molecule has 1 N–H and O–H groups in total. The Morgan fingerprint density at radius 1 is 1.27 bits per heavy atom. The number of rotatable bonds is 1. The third-order valence-electron chi connectivity index (χ3n) is 4.69. The van der Waals surface area contributed by atoms with Crippen molar-refractivity contribution in [1.82, 2.24) is 0 Å². The molecule has 0 radical (unpaired) electrons. The fourth-order valence-electron chi connectivity index (χ4n) is 3.21. The van der Waals surface area contributed by atoms with E-state index in [1.54, 1.807) is 0 Å². The zero-order valence-electron chi connectivity index (χ0n) is 7.78. The van der Waals surface area contributed by atoms with Crippen LogP contribution in [0, 0.1) is 10.8 Å². The van der Waals surface area contributed by atoms with E-state index in [9.17, 15) is 5.11 Å². The Hall–Kier alpha value is -0.0400. The molecule has 0 aromatic heterocycles. The second kappa shape index (κ2) is 1.66. The summed E-state index contributed by atoms with van der Waals surface area (Å²) < 4.78 is 0. The number of hydrogen-bond acceptors (Lipinski definition) is 1. The van der Waals surface area contributed by atoms with Crippen LogP contribution in [0.15, 0.2) is 0 Å². The molecule has 1 nitrogen and oxygen atoms in total. The molecule has 11 heavy (non-hydrogen) atoms. The lowest BCUT2D eigenvalue weighted by atomic mass is 9.86. The van der Waals surface area contributed by atoms with E-state index in [4.69, 9.17) is 0 Å². The molecule has 0 spiro atoms. The van der Waals surface area contributed by atoms with Crippen LogP contribution < -0.4 is 0 Å². The van der Waals surface area contributed by atoms with Gasteiger partial charge in [-0.25, -0.2) is 0 Å². The molecule has 2 aliphatic rings. The van der Waals surface area contributed by atoms with Gasteiger partial charge < -0.3 is 5.11 Å². The molecule has 64 valence electrons. The van der Waals surface area contributed by atoms with Crippen molar-refractivity contribution in [3.8, 4) is 0 Å². The summed E-state index contributed by atoms with van der Waals surface area (Å²) in [6, 6.07) is 0. The fraction of sp³-hybridized carbons (Fsp3) is 1.00. The minimum absolute atomic E-state index is 0.259. The molecule has 0 amide bonds. The van der Waals surface area contributed by atoms with Crippen molar-refractivity contribution < 1.29 is 5.11 Å². The summed E-state index contributed by atoms with van der Waals surface area (Å²) in [4.78, 5) is 0. The lowest BCUT2D eigenvalue weighted by Gasteiger charge is -2.26. The van der Waals surface area contributed by atoms with Crippen molar-refractivity contribution in [3.05, 3.63) is 0 Å². The monoisotopic (exact) mass is 154 g/mol. The van der Waals surface area contributed by atoms with Crippen molar-refractivity contribution in [2.75, 3.05) is 0 Å². The van der Waals surface area contributed by atoms with Gasteiger partial charge in [0, 0.05) is 5.41 Å². The number of hydrogen-bond donors (Lipinski definition) is 1. The van der Waals surface area contributed by atoms with E-state index < -0.39 is 0 Å². The standard InChI is InChI=1S/C10H18O/c1-4-10-6-5-9(3,11)8(10,2)7-10/h11H,4-7H2,1-3H3/t8-,9?,10-/m0/s1. The zero-order valence-corrected chi connectivity index (χ0v) is 7.78. The molecule has 3 atom stereocenters. The van der Waals surface area contributed by atoms with Gasteiger partial charge in [-0.15, -0.1) is 0 Å². The smallest absolute Gasteiger partial charge is 0.0678 e. The third kappa shape index (κ3) is 0.618. The van der Waals surface area contributed by atoms with Crippen molar-refractivity contribution >= 4 is 0 Å². The van der Waals surface area contributed by atoms with Crippen molar-refractivity contribution in [1.29, 1.82) is 0 Å². The predicted molar refractivity (Wildman–Crippen MR) is 45.3 cm³/mol. The molecule has 2 fully saturated rings. The van der Waals surface area contributed by atoms with Crippen LogP contribution in [0.1, 0.15) is 46.5 Å². The molecule has 0 heterocycles. The van der Waals surface area contributed by atoms with E-state index >= 15 is 0 Å². The molecule has 0 aliphatic heterocycles. The highest BCUT2D eigenvalue weighted by atomic mass is 16.3. The molecular formula is C10H18O. The highest BCUT2D eigenvalue weighted by Crippen LogP contribution is 2.78. The zero-order chi connectivity index (χ0) is 8.33. The molecule has 1 heteroatoms. The quantitative estimate of drug-likeness (QED) is 0.614. The van der Waals surface area contributed by atoms with E-state index in [1.807, 2.05) is 6.92 Å². The Bertz CT molecular complexity index is 193. The molecule has 1 unspecified atom stereocenters. The SMILES string of the molecule is CC[C@@]12CCC(C)(O)[C@]1(C)C2. The van der Waals surface area contributed by atoms with Crippen molar-refractivity contribution in [2.24, 2.45) is 10.8 Å². The molecule has 0 bridgehead atoms. The van der Waals surface area contributed by atoms with Gasteiger partial charge in [0.15, 0.2) is 0 Å². The minimum Gasteiger partial charge on any atom is -0.390 e. The first-order valence-electron chi connectivity index (χ1n) is 4.70. The fourth-order valence-corrected chi connectivity index (χ4v) is 3.21. The Morgan fingerprint density at radius 2 is 1.91 bits per heavy atom. The molecule has 0 aromatic rings. The normalized spacial score (nSPS) is 61.1. The third-order valence-corrected chi connectivity index (χ3v) is 4.69. The lowest BCUT2D eigenvalue weighted by Crippen LogP contribution is -2.31. The van der Waals surface area contributed by atoms with Gasteiger partial charge in [0.1, 0.15) is 0 Å². The van der Waals surface area contributed by atoms with Gasteiger partial charge in [-0.05, 0) is 38.0 Å². The maximum atomic E-state index is 10.1. The first-order valence-corrected chi connectivity index (χ1v) is 4.70. The van der Waals surface area contributed by atoms with Gasteiger partial charge in [0.2, 0.25) is 0 Å². The summed E-state index contributed by atoms with van der Waals surface area (Å²) >= 11 is 0. The summed E-state index contributed by atoms with van der Waals surface area (Å²) in [6.45, 7) is 6.52. The van der Waals surface area contributed by atoms with Crippen molar-refractivity contribution in [3.63, 3.8) is 0 Å². The van der Waals surface area contributed by atoms with E-state index in [1.165, 1.54) is 19.3 Å². The van der Waals surface area contributed by atoms with Gasteiger partial charge in [0.05, 0.1) is 5.60 Å². The topological polar surface area (TPSA) is 20.2 Å². The van der Waals surface area contributed by atoms with Crippen LogP contribution in [-0.4, -0.2) is 10.7 Å². The van der Waals surface area contributed by atoms with Gasteiger partial charge in [0.25, 0.3) is 0 Å². The van der Waals surface area contributed by atoms with Crippen LogP contribution in [0.25, 0.3) is 0 Å². The van der Waals surface area contributed by atoms with Crippen LogP contribution in [0.3, 0.4) is 0 Å². The second-order valence-electron chi connectivity index (χ2n) is 4.92. The summed E-state index contributed by atoms with van der Waals surface area (Å²) in [5.74, 6) is 0. The molecule has 2 saturated carbocycles. The van der Waals surface area contributed by atoms with Gasteiger partial charge >= 0.3 is 0 Å². The van der Waals surface area contributed by atoms with Gasteiger partial charge in [-0.1, -0.05) is 13.8 Å². The summed E-state index contributed by atoms with van der Waals surface area (Å²) in [5, 5.41) is 10.1. The molecule has 0 aromatic carbocycles. The van der Waals surface area contributed by atoms with E-state index in [2.05, 4.69) is 13.8 Å². The molecular weight excluding hydrogens is 136 g/mol. The molecule has 0 saturated heterocycles. The maximum Gasteiger partial charge on any atom is 0.0678 e. The van der Waals surface area contributed by atoms with Crippen LogP contribution in [0.5, 0.6) is 0 Å². The van der Waals surface area contributed by atoms with Crippen molar-refractivity contribution in [2.45, 2.75) is 52.1 Å². The Morgan fingerprint density at radius 3 is 2.09 bits per heavy atom.